The van der Waals surface area contributed by atoms with Crippen molar-refractivity contribution in [2.24, 2.45) is 10.7 Å². The molecule has 138 valence electrons. The average molecular weight is 392 g/mol. The van der Waals surface area contributed by atoms with Crippen LogP contribution in [0.25, 0.3) is 11.1 Å². The van der Waals surface area contributed by atoms with Crippen molar-refractivity contribution in [3.05, 3.63) is 39.5 Å². The molecule has 3 rings (SSSR count). The third-order valence-electron chi connectivity index (χ3n) is 4.43. The van der Waals surface area contributed by atoms with Gasteiger partial charge in [0.2, 0.25) is 5.91 Å². The predicted molar refractivity (Wildman–Crippen MR) is 107 cm³/mol. The molecule has 1 unspecified atom stereocenters. The second-order valence-corrected chi connectivity index (χ2v) is 7.89. The monoisotopic (exact) mass is 391 g/mol. The topological polar surface area (TPSA) is 67.9 Å². The lowest BCUT2D eigenvalue weighted by Crippen LogP contribution is -2.47. The summed E-state index contributed by atoms with van der Waals surface area (Å²) in [4.78, 5) is 19.1. The molecule has 2 N–H and O–H groups in total. The molecule has 1 aromatic carbocycles. The molecule has 0 bridgehead atoms. The number of nitrogens with zero attached hydrogens (tertiary/aromatic N) is 2. The zero-order valence-electron chi connectivity index (χ0n) is 15.1. The van der Waals surface area contributed by atoms with Crippen molar-refractivity contribution in [1.29, 1.82) is 0 Å². The maximum Gasteiger partial charge on any atom is 0.231 e. The van der Waals surface area contributed by atoms with Gasteiger partial charge in [-0.1, -0.05) is 24.6 Å². The van der Waals surface area contributed by atoms with Crippen molar-refractivity contribution >= 4 is 34.8 Å². The molecule has 0 saturated carbocycles. The van der Waals surface area contributed by atoms with Crippen LogP contribution in [0.15, 0.2) is 34.6 Å². The fourth-order valence-electron chi connectivity index (χ4n) is 2.83. The van der Waals surface area contributed by atoms with E-state index in [1.165, 1.54) is 4.90 Å². The summed E-state index contributed by atoms with van der Waals surface area (Å²) in [6.07, 6.45) is 1.23. The first kappa shape index (κ1) is 18.7. The molecule has 2 heterocycles. The van der Waals surface area contributed by atoms with E-state index in [0.717, 1.165) is 22.4 Å². The number of carbonyl (C=O) groups is 1. The number of halogens is 1. The Bertz CT molecular complexity index is 864. The van der Waals surface area contributed by atoms with Gasteiger partial charge in [0.05, 0.1) is 18.1 Å². The molecule has 0 radical (unpaired) electrons. The highest BCUT2D eigenvalue weighted by atomic mass is 35.5. The van der Waals surface area contributed by atoms with Gasteiger partial charge in [0.15, 0.2) is 5.96 Å². The lowest BCUT2D eigenvalue weighted by atomic mass is 9.93. The minimum atomic E-state index is -0.634. The molecule has 1 atom stereocenters. The van der Waals surface area contributed by atoms with Gasteiger partial charge in [-0.3, -0.25) is 9.69 Å². The minimum Gasteiger partial charge on any atom is -0.492 e. The number of hydrogen-bond acceptors (Lipinski definition) is 5. The molecule has 0 saturated heterocycles. The molecule has 2 aromatic rings. The summed E-state index contributed by atoms with van der Waals surface area (Å²) in [5, 5.41) is 2.64. The fourth-order valence-corrected chi connectivity index (χ4v) is 4.09. The van der Waals surface area contributed by atoms with Crippen LogP contribution < -0.4 is 10.5 Å². The molecular formula is C19H22ClN3O2S. The summed E-state index contributed by atoms with van der Waals surface area (Å²) in [6.45, 7) is 4.63. The van der Waals surface area contributed by atoms with Gasteiger partial charge >= 0.3 is 0 Å². The average Bonchev–Trinajstić information content (AvgIpc) is 3.09. The van der Waals surface area contributed by atoms with Crippen LogP contribution in [0.4, 0.5) is 0 Å². The number of aliphatic imine (C=N–C) groups is 1. The zero-order chi connectivity index (χ0) is 18.9. The molecule has 1 amide bonds. The third-order valence-corrected chi connectivity index (χ3v) is 5.91. The molecule has 1 aliphatic heterocycles. The highest BCUT2D eigenvalue weighted by Crippen LogP contribution is 2.40. The minimum absolute atomic E-state index is 0.0320. The van der Waals surface area contributed by atoms with Gasteiger partial charge in [0.1, 0.15) is 11.3 Å². The number of hydrogen-bond donors (Lipinski definition) is 1. The van der Waals surface area contributed by atoms with Crippen LogP contribution in [0.2, 0.25) is 5.02 Å². The highest BCUT2D eigenvalue weighted by molar-refractivity contribution is 7.10. The van der Waals surface area contributed by atoms with E-state index >= 15 is 0 Å². The third kappa shape index (κ3) is 3.57. The number of guanidine groups is 1. The van der Waals surface area contributed by atoms with E-state index in [1.54, 1.807) is 18.4 Å². The quantitative estimate of drug-likeness (QED) is 0.828. The van der Waals surface area contributed by atoms with Crippen molar-refractivity contribution < 1.29 is 9.53 Å². The second kappa shape index (κ2) is 7.29. The lowest BCUT2D eigenvalue weighted by Gasteiger charge is -2.32. The Morgan fingerprint density at radius 3 is 2.81 bits per heavy atom. The maximum atomic E-state index is 12.2. The molecule has 0 aliphatic carbocycles. The van der Waals surface area contributed by atoms with Gasteiger partial charge in [0, 0.05) is 11.9 Å². The van der Waals surface area contributed by atoms with Crippen LogP contribution >= 0.6 is 22.9 Å². The molecule has 0 fully saturated rings. The van der Waals surface area contributed by atoms with Gasteiger partial charge in [-0.05, 0) is 48.1 Å². The number of amides is 1. The lowest BCUT2D eigenvalue weighted by molar-refractivity contribution is -0.128. The molecular weight excluding hydrogens is 370 g/mol. The number of benzene rings is 1. The molecule has 7 heteroatoms. The van der Waals surface area contributed by atoms with E-state index in [-0.39, 0.29) is 11.9 Å². The van der Waals surface area contributed by atoms with Gasteiger partial charge in [-0.15, -0.1) is 11.3 Å². The van der Waals surface area contributed by atoms with E-state index in [2.05, 4.69) is 18.0 Å². The Hall–Kier alpha value is -2.05. The summed E-state index contributed by atoms with van der Waals surface area (Å²) in [7, 11) is 1.64. The van der Waals surface area contributed by atoms with E-state index in [0.29, 0.717) is 23.8 Å². The van der Waals surface area contributed by atoms with E-state index < -0.39 is 5.54 Å². The van der Waals surface area contributed by atoms with E-state index in [9.17, 15) is 4.79 Å². The normalized spacial score (nSPS) is 20.2. The first-order valence-electron chi connectivity index (χ1n) is 8.47. The van der Waals surface area contributed by atoms with Crippen molar-refractivity contribution in [3.63, 3.8) is 0 Å². The molecule has 1 aliphatic rings. The largest absolute Gasteiger partial charge is 0.492 e. The summed E-state index contributed by atoms with van der Waals surface area (Å²) in [6, 6.07) is 7.83. The van der Waals surface area contributed by atoms with Crippen LogP contribution in [0, 0.1) is 0 Å². The van der Waals surface area contributed by atoms with Crippen LogP contribution in [0.5, 0.6) is 5.75 Å². The fraction of sp³-hybridized carbons (Fsp3) is 0.368. The number of carbonyl (C=O) groups excluding carboxylic acids is 1. The Kier molecular flexibility index (Phi) is 5.25. The number of thiophene rings is 1. The standard InChI is InChI=1S/C19H22ClN3O2S/c1-4-7-25-15-6-5-12(8-14(15)20)13-9-16(26-11-13)19(2)10-17(24)23(3)18(21)22-19/h5-6,8-9,11H,4,7,10H2,1-3H3,(H2,21,22). The molecule has 5 nitrogen and oxygen atoms in total. The second-order valence-electron chi connectivity index (χ2n) is 6.57. The summed E-state index contributed by atoms with van der Waals surface area (Å²) in [5.74, 6) is 0.910. The Morgan fingerprint density at radius 1 is 1.38 bits per heavy atom. The van der Waals surface area contributed by atoms with Crippen LogP contribution in [-0.2, 0) is 10.3 Å². The molecule has 1 aromatic heterocycles. The first-order valence-corrected chi connectivity index (χ1v) is 9.73. The Morgan fingerprint density at radius 2 is 2.15 bits per heavy atom. The summed E-state index contributed by atoms with van der Waals surface area (Å²) in [5.41, 5.74) is 7.31. The van der Waals surface area contributed by atoms with E-state index in [1.807, 2.05) is 30.5 Å². The predicted octanol–water partition coefficient (Wildman–Crippen LogP) is 4.25. The molecule has 0 spiro atoms. The summed E-state index contributed by atoms with van der Waals surface area (Å²) < 4.78 is 5.62. The Labute approximate surface area is 162 Å². The number of ether oxygens (including phenoxy) is 1. The smallest absolute Gasteiger partial charge is 0.231 e. The highest BCUT2D eigenvalue weighted by Gasteiger charge is 2.37. The van der Waals surface area contributed by atoms with Gasteiger partial charge in [-0.25, -0.2) is 4.99 Å². The number of nitrogens with two attached hydrogens (primary N) is 1. The zero-order valence-corrected chi connectivity index (χ0v) is 16.7. The van der Waals surface area contributed by atoms with Crippen molar-refractivity contribution in [1.82, 2.24) is 4.90 Å². The maximum absolute atomic E-state index is 12.2. The SMILES string of the molecule is CCCOc1ccc(-c2csc(C3(C)CC(=O)N(C)C(N)=N3)c2)cc1Cl. The van der Waals surface area contributed by atoms with Crippen molar-refractivity contribution in [3.8, 4) is 16.9 Å². The van der Waals surface area contributed by atoms with Crippen molar-refractivity contribution in [2.75, 3.05) is 13.7 Å². The summed E-state index contributed by atoms with van der Waals surface area (Å²) >= 11 is 7.91. The van der Waals surface area contributed by atoms with E-state index in [4.69, 9.17) is 22.1 Å². The first-order chi connectivity index (χ1) is 12.3. The number of rotatable bonds is 5. The van der Waals surface area contributed by atoms with Crippen molar-refractivity contribution in [2.45, 2.75) is 32.2 Å². The van der Waals surface area contributed by atoms with Gasteiger partial charge in [0.25, 0.3) is 0 Å². The van der Waals surface area contributed by atoms with Crippen LogP contribution in [0.3, 0.4) is 0 Å². The molecule has 26 heavy (non-hydrogen) atoms. The van der Waals surface area contributed by atoms with Crippen LogP contribution in [-0.4, -0.2) is 30.4 Å². The van der Waals surface area contributed by atoms with Gasteiger partial charge < -0.3 is 10.5 Å². The van der Waals surface area contributed by atoms with Gasteiger partial charge in [-0.2, -0.15) is 0 Å². The van der Waals surface area contributed by atoms with Crippen LogP contribution in [0.1, 0.15) is 31.6 Å². The Balaban J connectivity index is 1.89.